The molecule has 16 heavy (non-hydrogen) atoms. The Bertz CT molecular complexity index is 368. The van der Waals surface area contributed by atoms with Crippen LogP contribution in [0.1, 0.15) is 32.4 Å². The lowest BCUT2D eigenvalue weighted by Crippen LogP contribution is -2.49. The molecular weight excluding hydrogens is 268 g/mol. The van der Waals surface area contributed by atoms with Crippen LogP contribution in [0.5, 0.6) is 0 Å². The SMILES string of the molecule is CC(NC(=O)C(C)(C)N)c1ccc(Br)cc1. The van der Waals surface area contributed by atoms with Gasteiger partial charge in [0.25, 0.3) is 0 Å². The average molecular weight is 285 g/mol. The lowest BCUT2D eigenvalue weighted by Gasteiger charge is -2.22. The molecule has 0 fully saturated rings. The number of halogens is 1. The topological polar surface area (TPSA) is 55.1 Å². The molecule has 88 valence electrons. The van der Waals surface area contributed by atoms with E-state index in [9.17, 15) is 4.79 Å². The number of hydrogen-bond donors (Lipinski definition) is 2. The van der Waals surface area contributed by atoms with Crippen molar-refractivity contribution < 1.29 is 4.79 Å². The van der Waals surface area contributed by atoms with E-state index in [1.54, 1.807) is 13.8 Å². The van der Waals surface area contributed by atoms with Crippen molar-refractivity contribution in [1.82, 2.24) is 5.32 Å². The van der Waals surface area contributed by atoms with Crippen molar-refractivity contribution in [3.8, 4) is 0 Å². The Labute approximate surface area is 105 Å². The van der Waals surface area contributed by atoms with Crippen LogP contribution in [-0.4, -0.2) is 11.4 Å². The summed E-state index contributed by atoms with van der Waals surface area (Å²) in [5.74, 6) is -0.150. The van der Waals surface area contributed by atoms with E-state index in [-0.39, 0.29) is 11.9 Å². The molecule has 1 atom stereocenters. The number of benzene rings is 1. The second-order valence-corrected chi connectivity index (χ2v) is 5.38. The fraction of sp³-hybridized carbons (Fsp3) is 0.417. The third-order valence-electron chi connectivity index (χ3n) is 2.30. The van der Waals surface area contributed by atoms with Crippen molar-refractivity contribution in [2.45, 2.75) is 32.4 Å². The van der Waals surface area contributed by atoms with E-state index in [1.165, 1.54) is 0 Å². The van der Waals surface area contributed by atoms with Crippen molar-refractivity contribution >= 4 is 21.8 Å². The Balaban J connectivity index is 2.69. The van der Waals surface area contributed by atoms with Gasteiger partial charge in [0, 0.05) is 4.47 Å². The van der Waals surface area contributed by atoms with E-state index in [4.69, 9.17) is 5.73 Å². The molecule has 0 saturated carbocycles. The standard InChI is InChI=1S/C12H17BrN2O/c1-8(15-11(16)12(2,3)14)9-4-6-10(13)7-5-9/h4-8H,14H2,1-3H3,(H,15,16). The molecule has 1 aromatic carbocycles. The largest absolute Gasteiger partial charge is 0.348 e. The predicted molar refractivity (Wildman–Crippen MR) is 69.0 cm³/mol. The first kappa shape index (κ1) is 13.2. The second kappa shape index (κ2) is 4.97. The van der Waals surface area contributed by atoms with E-state index in [2.05, 4.69) is 21.2 Å². The zero-order valence-corrected chi connectivity index (χ0v) is 11.3. The fourth-order valence-electron chi connectivity index (χ4n) is 1.22. The highest BCUT2D eigenvalue weighted by Crippen LogP contribution is 2.16. The Kier molecular flexibility index (Phi) is 4.10. The van der Waals surface area contributed by atoms with Crippen LogP contribution in [0.15, 0.2) is 28.7 Å². The van der Waals surface area contributed by atoms with Gasteiger partial charge in [0.05, 0.1) is 11.6 Å². The van der Waals surface area contributed by atoms with Gasteiger partial charge >= 0.3 is 0 Å². The molecule has 0 spiro atoms. The number of rotatable bonds is 3. The van der Waals surface area contributed by atoms with E-state index < -0.39 is 5.54 Å². The normalized spacial score (nSPS) is 13.3. The molecule has 0 bridgehead atoms. The van der Waals surface area contributed by atoms with Crippen molar-refractivity contribution in [2.75, 3.05) is 0 Å². The molecule has 0 saturated heterocycles. The maximum absolute atomic E-state index is 11.7. The third-order valence-corrected chi connectivity index (χ3v) is 2.83. The molecule has 0 heterocycles. The summed E-state index contributed by atoms with van der Waals surface area (Å²) in [6, 6.07) is 7.80. The van der Waals surface area contributed by atoms with Gasteiger partial charge in [-0.1, -0.05) is 28.1 Å². The van der Waals surface area contributed by atoms with Crippen LogP contribution in [-0.2, 0) is 4.79 Å². The van der Waals surface area contributed by atoms with Gasteiger partial charge in [-0.3, -0.25) is 4.79 Å². The van der Waals surface area contributed by atoms with Crippen LogP contribution in [0.3, 0.4) is 0 Å². The summed E-state index contributed by atoms with van der Waals surface area (Å²) in [5.41, 5.74) is 5.92. The van der Waals surface area contributed by atoms with Crippen LogP contribution < -0.4 is 11.1 Å². The monoisotopic (exact) mass is 284 g/mol. The summed E-state index contributed by atoms with van der Waals surface area (Å²) in [5, 5.41) is 2.88. The lowest BCUT2D eigenvalue weighted by molar-refractivity contribution is -0.125. The minimum absolute atomic E-state index is 0.0385. The molecule has 1 unspecified atom stereocenters. The summed E-state index contributed by atoms with van der Waals surface area (Å²) in [7, 11) is 0. The zero-order chi connectivity index (χ0) is 12.3. The molecule has 0 aliphatic carbocycles. The molecule has 0 aromatic heterocycles. The van der Waals surface area contributed by atoms with Gasteiger partial charge in [-0.05, 0) is 38.5 Å². The first-order valence-corrected chi connectivity index (χ1v) is 5.95. The van der Waals surface area contributed by atoms with Crippen LogP contribution in [0, 0.1) is 0 Å². The number of carbonyl (C=O) groups is 1. The molecule has 0 radical (unpaired) electrons. The molecule has 3 N–H and O–H groups in total. The van der Waals surface area contributed by atoms with Gasteiger partial charge < -0.3 is 11.1 Å². The summed E-state index contributed by atoms with van der Waals surface area (Å²) < 4.78 is 1.02. The van der Waals surface area contributed by atoms with Gasteiger partial charge in [-0.15, -0.1) is 0 Å². The van der Waals surface area contributed by atoms with E-state index in [1.807, 2.05) is 31.2 Å². The van der Waals surface area contributed by atoms with E-state index in [0.29, 0.717) is 0 Å². The molecule has 3 nitrogen and oxygen atoms in total. The second-order valence-electron chi connectivity index (χ2n) is 4.47. The maximum atomic E-state index is 11.7. The highest BCUT2D eigenvalue weighted by atomic mass is 79.9. The number of amides is 1. The van der Waals surface area contributed by atoms with Crippen LogP contribution in [0.25, 0.3) is 0 Å². The highest BCUT2D eigenvalue weighted by Gasteiger charge is 2.23. The van der Waals surface area contributed by atoms with Gasteiger partial charge in [0.1, 0.15) is 0 Å². The minimum atomic E-state index is -0.844. The molecular formula is C12H17BrN2O. The third kappa shape index (κ3) is 3.61. The average Bonchev–Trinajstić information content (AvgIpc) is 2.17. The molecule has 0 aliphatic heterocycles. The first-order valence-electron chi connectivity index (χ1n) is 5.16. The van der Waals surface area contributed by atoms with Crippen molar-refractivity contribution in [3.05, 3.63) is 34.3 Å². The van der Waals surface area contributed by atoms with Crippen LogP contribution in [0.2, 0.25) is 0 Å². The lowest BCUT2D eigenvalue weighted by atomic mass is 10.0. The van der Waals surface area contributed by atoms with Crippen molar-refractivity contribution in [3.63, 3.8) is 0 Å². The number of carbonyl (C=O) groups excluding carboxylic acids is 1. The van der Waals surface area contributed by atoms with Crippen molar-refractivity contribution in [2.24, 2.45) is 5.73 Å². The molecule has 1 aromatic rings. The maximum Gasteiger partial charge on any atom is 0.239 e. The Morgan fingerprint density at radius 2 is 1.88 bits per heavy atom. The van der Waals surface area contributed by atoms with E-state index in [0.717, 1.165) is 10.0 Å². The van der Waals surface area contributed by atoms with Crippen molar-refractivity contribution in [1.29, 1.82) is 0 Å². The predicted octanol–water partition coefficient (Wildman–Crippen LogP) is 2.36. The molecule has 4 heteroatoms. The van der Waals surface area contributed by atoms with Gasteiger partial charge in [0.2, 0.25) is 5.91 Å². The Hall–Kier alpha value is -0.870. The minimum Gasteiger partial charge on any atom is -0.348 e. The molecule has 1 amide bonds. The first-order chi connectivity index (χ1) is 7.30. The Morgan fingerprint density at radius 3 is 2.31 bits per heavy atom. The van der Waals surface area contributed by atoms with Gasteiger partial charge in [-0.25, -0.2) is 0 Å². The zero-order valence-electron chi connectivity index (χ0n) is 9.75. The summed E-state index contributed by atoms with van der Waals surface area (Å²) in [6.07, 6.45) is 0. The number of nitrogens with two attached hydrogens (primary N) is 1. The van der Waals surface area contributed by atoms with Crippen LogP contribution >= 0.6 is 15.9 Å². The smallest absolute Gasteiger partial charge is 0.239 e. The number of hydrogen-bond acceptors (Lipinski definition) is 2. The quantitative estimate of drug-likeness (QED) is 0.895. The molecule has 0 aliphatic rings. The highest BCUT2D eigenvalue weighted by molar-refractivity contribution is 9.10. The molecule has 1 rings (SSSR count). The van der Waals surface area contributed by atoms with Gasteiger partial charge in [0.15, 0.2) is 0 Å². The number of nitrogens with one attached hydrogen (secondary N) is 1. The van der Waals surface area contributed by atoms with Crippen LogP contribution in [0.4, 0.5) is 0 Å². The Morgan fingerprint density at radius 1 is 1.38 bits per heavy atom. The summed E-state index contributed by atoms with van der Waals surface area (Å²) >= 11 is 3.37. The fourth-order valence-corrected chi connectivity index (χ4v) is 1.48. The van der Waals surface area contributed by atoms with E-state index >= 15 is 0 Å². The van der Waals surface area contributed by atoms with Gasteiger partial charge in [-0.2, -0.15) is 0 Å². The summed E-state index contributed by atoms with van der Waals surface area (Å²) in [6.45, 7) is 5.32. The summed E-state index contributed by atoms with van der Waals surface area (Å²) in [4.78, 5) is 11.7.